The molecule has 3 nitrogen and oxygen atoms in total. The molecule has 2 rings (SSSR count). The average molecular weight is 240 g/mol. The number of hydrogen-bond acceptors (Lipinski definition) is 3. The van der Waals surface area contributed by atoms with Gasteiger partial charge in [-0.3, -0.25) is 4.98 Å². The topological polar surface area (TPSA) is 34.5 Å². The highest BCUT2D eigenvalue weighted by atomic mass is 16.5. The minimum absolute atomic E-state index is 0.835. The second-order valence-corrected chi connectivity index (χ2v) is 3.92. The number of aromatic nitrogens is 1. The molecule has 3 heteroatoms. The molecule has 0 saturated carbocycles. The Bertz CT molecular complexity index is 532. The standard InChI is InChI=1S/C15H16N2O/c1-16-9-7-12-8-10-17-15(11-12)13-3-5-14(18-2)6-4-13/h3-6,8-11H,7H2,1-2H3. The number of ether oxygens (including phenoxy) is 1. The summed E-state index contributed by atoms with van der Waals surface area (Å²) in [5.74, 6) is 0.855. The molecule has 0 aliphatic carbocycles. The first-order valence-corrected chi connectivity index (χ1v) is 5.83. The normalized spacial score (nSPS) is 10.8. The fraction of sp³-hybridized carbons (Fsp3) is 0.200. The molecule has 0 radical (unpaired) electrons. The molecule has 2 aromatic rings. The van der Waals surface area contributed by atoms with E-state index in [1.165, 1.54) is 5.56 Å². The Balaban J connectivity index is 2.26. The van der Waals surface area contributed by atoms with E-state index >= 15 is 0 Å². The van der Waals surface area contributed by atoms with Crippen molar-refractivity contribution in [3.05, 3.63) is 48.2 Å². The maximum atomic E-state index is 5.14. The summed E-state index contributed by atoms with van der Waals surface area (Å²) in [5, 5.41) is 0. The van der Waals surface area contributed by atoms with Crippen LogP contribution in [0.2, 0.25) is 0 Å². The molecule has 0 saturated heterocycles. The van der Waals surface area contributed by atoms with Crippen molar-refractivity contribution in [1.29, 1.82) is 0 Å². The van der Waals surface area contributed by atoms with Crippen LogP contribution in [0.5, 0.6) is 5.75 Å². The van der Waals surface area contributed by atoms with Crippen LogP contribution in [0.3, 0.4) is 0 Å². The predicted octanol–water partition coefficient (Wildman–Crippen LogP) is 3.00. The van der Waals surface area contributed by atoms with Crippen molar-refractivity contribution >= 4 is 6.21 Å². The van der Waals surface area contributed by atoms with Crippen molar-refractivity contribution in [2.45, 2.75) is 6.42 Å². The van der Waals surface area contributed by atoms with Crippen LogP contribution in [0, 0.1) is 0 Å². The lowest BCUT2D eigenvalue weighted by atomic mass is 10.1. The molecule has 0 aliphatic rings. The largest absolute Gasteiger partial charge is 0.497 e. The van der Waals surface area contributed by atoms with Crippen LogP contribution in [-0.4, -0.2) is 25.4 Å². The van der Waals surface area contributed by atoms with Gasteiger partial charge >= 0.3 is 0 Å². The molecule has 0 aliphatic heterocycles. The van der Waals surface area contributed by atoms with Crippen molar-refractivity contribution in [2.24, 2.45) is 4.99 Å². The van der Waals surface area contributed by atoms with Crippen LogP contribution in [0.1, 0.15) is 5.56 Å². The van der Waals surface area contributed by atoms with Gasteiger partial charge in [0, 0.05) is 31.4 Å². The van der Waals surface area contributed by atoms with Gasteiger partial charge in [-0.2, -0.15) is 0 Å². The monoisotopic (exact) mass is 240 g/mol. The first kappa shape index (κ1) is 12.3. The molecule has 0 unspecified atom stereocenters. The highest BCUT2D eigenvalue weighted by molar-refractivity contribution is 5.65. The molecule has 18 heavy (non-hydrogen) atoms. The second-order valence-electron chi connectivity index (χ2n) is 3.92. The Morgan fingerprint density at radius 2 is 2.00 bits per heavy atom. The highest BCUT2D eigenvalue weighted by Crippen LogP contribution is 2.21. The lowest BCUT2D eigenvalue weighted by Crippen LogP contribution is -1.90. The Morgan fingerprint density at radius 1 is 1.22 bits per heavy atom. The molecule has 1 heterocycles. The summed E-state index contributed by atoms with van der Waals surface area (Å²) in [6.45, 7) is 0. The van der Waals surface area contributed by atoms with E-state index in [2.05, 4.69) is 16.0 Å². The summed E-state index contributed by atoms with van der Waals surface area (Å²) in [7, 11) is 3.45. The summed E-state index contributed by atoms with van der Waals surface area (Å²) >= 11 is 0. The highest BCUT2D eigenvalue weighted by Gasteiger charge is 2.01. The Labute approximate surface area is 107 Å². The Kier molecular flexibility index (Phi) is 4.07. The molecule has 0 atom stereocenters. The van der Waals surface area contributed by atoms with E-state index in [-0.39, 0.29) is 0 Å². The van der Waals surface area contributed by atoms with Gasteiger partial charge in [-0.15, -0.1) is 0 Å². The number of pyridine rings is 1. The van der Waals surface area contributed by atoms with Gasteiger partial charge in [0.05, 0.1) is 12.8 Å². The van der Waals surface area contributed by atoms with Gasteiger partial charge in [-0.1, -0.05) is 0 Å². The zero-order valence-corrected chi connectivity index (χ0v) is 10.6. The lowest BCUT2D eigenvalue weighted by Gasteiger charge is -2.04. The van der Waals surface area contributed by atoms with Crippen LogP contribution in [0.15, 0.2) is 47.6 Å². The van der Waals surface area contributed by atoms with E-state index in [1.807, 2.05) is 42.7 Å². The minimum Gasteiger partial charge on any atom is -0.497 e. The number of aliphatic imine (C=N–C) groups is 1. The third kappa shape index (κ3) is 2.94. The first-order chi connectivity index (χ1) is 8.83. The van der Waals surface area contributed by atoms with Crippen molar-refractivity contribution in [3.8, 4) is 17.0 Å². The molecular weight excluding hydrogens is 224 g/mol. The van der Waals surface area contributed by atoms with E-state index in [1.54, 1.807) is 14.2 Å². The maximum Gasteiger partial charge on any atom is 0.118 e. The van der Waals surface area contributed by atoms with Crippen molar-refractivity contribution in [1.82, 2.24) is 4.98 Å². The number of methoxy groups -OCH3 is 1. The van der Waals surface area contributed by atoms with Gasteiger partial charge in [0.15, 0.2) is 0 Å². The molecule has 1 aromatic heterocycles. The molecule has 0 bridgehead atoms. The Hall–Kier alpha value is -2.16. The predicted molar refractivity (Wildman–Crippen MR) is 74.3 cm³/mol. The van der Waals surface area contributed by atoms with E-state index in [0.29, 0.717) is 0 Å². The first-order valence-electron chi connectivity index (χ1n) is 5.83. The van der Waals surface area contributed by atoms with Crippen LogP contribution >= 0.6 is 0 Å². The summed E-state index contributed by atoms with van der Waals surface area (Å²) in [4.78, 5) is 8.38. The fourth-order valence-corrected chi connectivity index (χ4v) is 1.72. The van der Waals surface area contributed by atoms with Gasteiger partial charge in [0.25, 0.3) is 0 Å². The third-order valence-corrected chi connectivity index (χ3v) is 2.72. The summed E-state index contributed by atoms with van der Waals surface area (Å²) in [5.41, 5.74) is 3.27. The van der Waals surface area contributed by atoms with Crippen LogP contribution in [-0.2, 0) is 6.42 Å². The minimum atomic E-state index is 0.835. The van der Waals surface area contributed by atoms with Gasteiger partial charge in [0.2, 0.25) is 0 Å². The second kappa shape index (κ2) is 5.96. The summed E-state index contributed by atoms with van der Waals surface area (Å²) in [6, 6.07) is 12.0. The van der Waals surface area contributed by atoms with Gasteiger partial charge in [0.1, 0.15) is 5.75 Å². The van der Waals surface area contributed by atoms with Crippen molar-refractivity contribution < 1.29 is 4.74 Å². The van der Waals surface area contributed by atoms with E-state index in [4.69, 9.17) is 4.74 Å². The number of nitrogens with zero attached hydrogens (tertiary/aromatic N) is 2. The number of hydrogen-bond donors (Lipinski definition) is 0. The molecular formula is C15H16N2O. The SMILES string of the molecule is CN=CCc1ccnc(-c2ccc(OC)cc2)c1. The van der Waals surface area contributed by atoms with E-state index in [0.717, 1.165) is 23.4 Å². The number of rotatable bonds is 4. The average Bonchev–Trinajstić information content (AvgIpc) is 2.45. The third-order valence-electron chi connectivity index (χ3n) is 2.72. The Morgan fingerprint density at radius 3 is 2.67 bits per heavy atom. The van der Waals surface area contributed by atoms with Gasteiger partial charge < -0.3 is 9.73 Å². The van der Waals surface area contributed by atoms with E-state index < -0.39 is 0 Å². The van der Waals surface area contributed by atoms with Crippen LogP contribution in [0.4, 0.5) is 0 Å². The van der Waals surface area contributed by atoms with Gasteiger partial charge in [-0.25, -0.2) is 0 Å². The fourth-order valence-electron chi connectivity index (χ4n) is 1.72. The summed E-state index contributed by atoms with van der Waals surface area (Å²) < 4.78 is 5.14. The van der Waals surface area contributed by atoms with E-state index in [9.17, 15) is 0 Å². The van der Waals surface area contributed by atoms with Crippen LogP contribution in [0.25, 0.3) is 11.3 Å². The smallest absolute Gasteiger partial charge is 0.118 e. The number of benzene rings is 1. The molecule has 0 amide bonds. The lowest BCUT2D eigenvalue weighted by molar-refractivity contribution is 0.415. The zero-order chi connectivity index (χ0) is 12.8. The van der Waals surface area contributed by atoms with Gasteiger partial charge in [-0.05, 0) is 42.0 Å². The quantitative estimate of drug-likeness (QED) is 0.770. The van der Waals surface area contributed by atoms with Crippen molar-refractivity contribution in [3.63, 3.8) is 0 Å². The molecule has 92 valence electrons. The molecule has 0 spiro atoms. The van der Waals surface area contributed by atoms with Crippen LogP contribution < -0.4 is 4.74 Å². The molecule has 1 aromatic carbocycles. The molecule has 0 fully saturated rings. The molecule has 0 N–H and O–H groups in total. The van der Waals surface area contributed by atoms with Crippen molar-refractivity contribution in [2.75, 3.05) is 14.2 Å². The zero-order valence-electron chi connectivity index (χ0n) is 10.6. The maximum absolute atomic E-state index is 5.14. The summed E-state index contributed by atoms with van der Waals surface area (Å²) in [6.07, 6.45) is 4.56.